The van der Waals surface area contributed by atoms with Gasteiger partial charge in [-0.1, -0.05) is 97.1 Å². The van der Waals surface area contributed by atoms with Crippen LogP contribution in [0.5, 0.6) is 0 Å². The van der Waals surface area contributed by atoms with E-state index >= 15 is 0 Å². The van der Waals surface area contributed by atoms with E-state index in [4.69, 9.17) is 14.2 Å². The van der Waals surface area contributed by atoms with Crippen molar-refractivity contribution in [2.75, 3.05) is 20.3 Å². The lowest BCUT2D eigenvalue weighted by Crippen LogP contribution is -2.50. The smallest absolute Gasteiger partial charge is 0.408 e. The van der Waals surface area contributed by atoms with Crippen LogP contribution in [0.4, 0.5) is 4.79 Å². The molecule has 3 aromatic rings. The molecule has 0 saturated carbocycles. The van der Waals surface area contributed by atoms with Crippen molar-refractivity contribution in [1.29, 1.82) is 0 Å². The molecule has 270 valence electrons. The SMILES string of the molecule is C=CC[C@H](CC(=O)N1Cc2ccccc2C[C@H]1CO)C(=O)N[C@@H](COC)[C@@H](OC(=O)[C@@H](CC=C)NC(=O)OCc1ccccc1)c1ccccc1. The van der Waals surface area contributed by atoms with Crippen molar-refractivity contribution in [3.63, 3.8) is 0 Å². The molecule has 1 heterocycles. The number of carbonyl (C=O) groups excluding carboxylic acids is 4. The molecular weight excluding hydrogens is 650 g/mol. The zero-order valence-corrected chi connectivity index (χ0v) is 28.9. The van der Waals surface area contributed by atoms with Crippen LogP contribution in [0.2, 0.25) is 0 Å². The molecule has 1 aliphatic rings. The zero-order chi connectivity index (χ0) is 36.6. The number of rotatable bonds is 18. The first-order valence-electron chi connectivity index (χ1n) is 17.0. The van der Waals surface area contributed by atoms with Gasteiger partial charge in [0.05, 0.1) is 31.2 Å². The molecule has 3 amide bonds. The van der Waals surface area contributed by atoms with E-state index in [2.05, 4.69) is 23.8 Å². The number of allylic oxidation sites excluding steroid dienone is 1. The van der Waals surface area contributed by atoms with Crippen LogP contribution in [0.3, 0.4) is 0 Å². The Morgan fingerprint density at radius 1 is 0.902 bits per heavy atom. The van der Waals surface area contributed by atoms with Gasteiger partial charge >= 0.3 is 12.1 Å². The summed E-state index contributed by atoms with van der Waals surface area (Å²) in [5, 5.41) is 15.6. The van der Waals surface area contributed by atoms with E-state index in [-0.39, 0.29) is 45.0 Å². The summed E-state index contributed by atoms with van der Waals surface area (Å²) in [7, 11) is 1.46. The second-order valence-corrected chi connectivity index (χ2v) is 12.4. The van der Waals surface area contributed by atoms with Gasteiger partial charge in [-0.3, -0.25) is 9.59 Å². The average Bonchev–Trinajstić information content (AvgIpc) is 3.15. The highest BCUT2D eigenvalue weighted by molar-refractivity contribution is 5.86. The molecule has 0 unspecified atom stereocenters. The Balaban J connectivity index is 1.49. The molecule has 0 spiro atoms. The van der Waals surface area contributed by atoms with Crippen molar-refractivity contribution < 1.29 is 38.5 Å². The van der Waals surface area contributed by atoms with Crippen LogP contribution in [0, 0.1) is 5.92 Å². The maximum absolute atomic E-state index is 13.9. The summed E-state index contributed by atoms with van der Waals surface area (Å²) in [5.74, 6) is -2.29. The molecule has 0 saturated heterocycles. The number of hydrogen-bond acceptors (Lipinski definition) is 8. The fourth-order valence-electron chi connectivity index (χ4n) is 6.06. The van der Waals surface area contributed by atoms with Gasteiger partial charge in [-0.15, -0.1) is 13.2 Å². The third kappa shape index (κ3) is 11.1. The zero-order valence-electron chi connectivity index (χ0n) is 28.9. The van der Waals surface area contributed by atoms with Gasteiger partial charge in [0.1, 0.15) is 18.8 Å². The normalized spacial score (nSPS) is 16.0. The summed E-state index contributed by atoms with van der Waals surface area (Å²) in [4.78, 5) is 55.6. The van der Waals surface area contributed by atoms with E-state index in [1.165, 1.54) is 13.2 Å². The summed E-state index contributed by atoms with van der Waals surface area (Å²) in [5.41, 5.74) is 3.44. The molecule has 5 atom stereocenters. The van der Waals surface area contributed by atoms with Crippen molar-refractivity contribution in [3.05, 3.63) is 132 Å². The standard InChI is InChI=1S/C40H47N3O8/c1-4-14-31(23-36(45)43-24-32-21-13-12-20-30(32)22-33(43)25-44)38(46)41-35(27-49-3)37(29-18-10-7-11-19-29)51-39(47)34(15-5-2)42-40(48)50-26-28-16-8-6-9-17-28/h4-13,16-21,31,33-35,37,44H,1-2,14-15,22-27H2,3H3,(H,41,46)(H,42,48)/t31-,33+,34-,35+,37+/m1/s1. The first-order chi connectivity index (χ1) is 24.8. The molecule has 1 aliphatic heterocycles. The van der Waals surface area contributed by atoms with E-state index in [9.17, 15) is 24.3 Å². The molecule has 4 rings (SSSR count). The quantitative estimate of drug-likeness (QED) is 0.127. The van der Waals surface area contributed by atoms with Gasteiger partial charge in [0, 0.05) is 20.1 Å². The van der Waals surface area contributed by atoms with Gasteiger partial charge in [-0.25, -0.2) is 9.59 Å². The Morgan fingerprint density at radius 2 is 1.55 bits per heavy atom. The maximum atomic E-state index is 13.9. The lowest BCUT2D eigenvalue weighted by Gasteiger charge is -2.37. The number of esters is 1. The van der Waals surface area contributed by atoms with Gasteiger partial charge in [-0.2, -0.15) is 0 Å². The van der Waals surface area contributed by atoms with E-state index in [1.54, 1.807) is 35.2 Å². The van der Waals surface area contributed by atoms with Crippen LogP contribution < -0.4 is 10.6 Å². The highest BCUT2D eigenvalue weighted by Crippen LogP contribution is 2.27. The molecule has 0 aromatic heterocycles. The Morgan fingerprint density at radius 3 is 2.20 bits per heavy atom. The number of carbonyl (C=O) groups is 4. The molecule has 0 aliphatic carbocycles. The minimum Gasteiger partial charge on any atom is -0.454 e. The lowest BCUT2D eigenvalue weighted by molar-refractivity contribution is -0.155. The number of nitrogens with one attached hydrogen (secondary N) is 2. The third-order valence-corrected chi connectivity index (χ3v) is 8.73. The molecule has 0 bridgehead atoms. The molecule has 51 heavy (non-hydrogen) atoms. The minimum absolute atomic E-state index is 0.0111. The van der Waals surface area contributed by atoms with Crippen LogP contribution in [0.25, 0.3) is 0 Å². The second-order valence-electron chi connectivity index (χ2n) is 12.4. The Kier molecular flexibility index (Phi) is 15.0. The average molecular weight is 698 g/mol. The van der Waals surface area contributed by atoms with Gasteiger partial charge < -0.3 is 34.9 Å². The first kappa shape index (κ1) is 38.5. The summed E-state index contributed by atoms with van der Waals surface area (Å²) < 4.78 is 16.8. The number of amides is 3. The number of aliphatic hydroxyl groups excluding tert-OH is 1. The third-order valence-electron chi connectivity index (χ3n) is 8.73. The number of nitrogens with zero attached hydrogens (tertiary/aromatic N) is 1. The predicted molar refractivity (Wildman–Crippen MR) is 192 cm³/mol. The second kappa shape index (κ2) is 19.8. The maximum Gasteiger partial charge on any atom is 0.408 e. The molecule has 0 fully saturated rings. The van der Waals surface area contributed by atoms with Crippen molar-refractivity contribution in [3.8, 4) is 0 Å². The number of methoxy groups -OCH3 is 1. The molecular formula is C40H47N3O8. The summed E-state index contributed by atoms with van der Waals surface area (Å²) in [6.45, 7) is 7.61. The minimum atomic E-state index is -1.13. The number of fused-ring (bicyclic) bond motifs is 1. The monoisotopic (exact) mass is 697 g/mol. The van der Waals surface area contributed by atoms with Gasteiger partial charge in [0.15, 0.2) is 0 Å². The molecule has 11 heteroatoms. The Bertz CT molecular complexity index is 1620. The number of ether oxygens (including phenoxy) is 3. The van der Waals surface area contributed by atoms with Crippen molar-refractivity contribution in [1.82, 2.24) is 15.5 Å². The largest absolute Gasteiger partial charge is 0.454 e. The van der Waals surface area contributed by atoms with Crippen LogP contribution in [0.1, 0.15) is 47.6 Å². The molecule has 3 N–H and O–H groups in total. The van der Waals surface area contributed by atoms with Crippen molar-refractivity contribution >= 4 is 23.9 Å². The topological polar surface area (TPSA) is 144 Å². The fraction of sp³-hybridized carbons (Fsp3) is 0.350. The number of alkyl carbamates (subject to hydrolysis) is 1. The predicted octanol–water partition coefficient (Wildman–Crippen LogP) is 4.80. The summed E-state index contributed by atoms with van der Waals surface area (Å²) in [6, 6.07) is 23.4. The molecule has 0 radical (unpaired) electrons. The van der Waals surface area contributed by atoms with Crippen LogP contribution in [-0.4, -0.2) is 72.3 Å². The number of benzene rings is 3. The number of aliphatic hydroxyl groups is 1. The van der Waals surface area contributed by atoms with Crippen molar-refractivity contribution in [2.24, 2.45) is 5.92 Å². The Labute approximate surface area is 299 Å². The first-order valence-corrected chi connectivity index (χ1v) is 17.0. The highest BCUT2D eigenvalue weighted by Gasteiger charge is 2.35. The Hall–Kier alpha value is -5.26. The molecule has 11 nitrogen and oxygen atoms in total. The van der Waals surface area contributed by atoms with E-state index < -0.39 is 48.1 Å². The molecule has 3 aromatic carbocycles. The summed E-state index contributed by atoms with van der Waals surface area (Å²) >= 11 is 0. The van der Waals surface area contributed by atoms with Gasteiger partial charge in [0.25, 0.3) is 0 Å². The number of hydrogen-bond donors (Lipinski definition) is 3. The highest BCUT2D eigenvalue weighted by atomic mass is 16.6. The van der Waals surface area contributed by atoms with Gasteiger partial charge in [0.2, 0.25) is 11.8 Å². The van der Waals surface area contributed by atoms with Crippen LogP contribution >= 0.6 is 0 Å². The van der Waals surface area contributed by atoms with Crippen LogP contribution in [0.15, 0.2) is 110 Å². The van der Waals surface area contributed by atoms with Crippen LogP contribution in [-0.2, 0) is 48.2 Å². The summed E-state index contributed by atoms with van der Waals surface area (Å²) in [6.07, 6.45) is 1.88. The van der Waals surface area contributed by atoms with E-state index in [0.717, 1.165) is 16.7 Å². The van der Waals surface area contributed by atoms with Gasteiger partial charge in [-0.05, 0) is 41.5 Å². The lowest BCUT2D eigenvalue weighted by atomic mass is 9.92. The van der Waals surface area contributed by atoms with E-state index in [0.29, 0.717) is 18.5 Å². The fourth-order valence-corrected chi connectivity index (χ4v) is 6.06. The van der Waals surface area contributed by atoms with Crippen molar-refractivity contribution in [2.45, 2.75) is 63.1 Å². The van der Waals surface area contributed by atoms with E-state index in [1.807, 2.05) is 60.7 Å².